The van der Waals surface area contributed by atoms with Gasteiger partial charge in [0.05, 0.1) is 22.9 Å². The molecule has 1 fully saturated rings. The normalized spacial score (nSPS) is 21.5. The van der Waals surface area contributed by atoms with Crippen LogP contribution in [0.3, 0.4) is 0 Å². The summed E-state index contributed by atoms with van der Waals surface area (Å²) in [5.41, 5.74) is 1.09. The molecule has 0 radical (unpaired) electrons. The third-order valence-corrected chi connectivity index (χ3v) is 7.46. The van der Waals surface area contributed by atoms with Crippen molar-refractivity contribution in [2.75, 3.05) is 26.7 Å². The number of aromatic nitrogens is 1. The van der Waals surface area contributed by atoms with Gasteiger partial charge in [-0.05, 0) is 62.3 Å². The Hall–Kier alpha value is -2.48. The Kier molecular flexibility index (Phi) is 6.36. The molecule has 5 rings (SSSR count). The molecule has 1 aromatic heterocycles. The van der Waals surface area contributed by atoms with E-state index in [1.165, 1.54) is 0 Å². The lowest BCUT2D eigenvalue weighted by Gasteiger charge is -2.38. The van der Waals surface area contributed by atoms with E-state index in [1.807, 2.05) is 24.3 Å². The van der Waals surface area contributed by atoms with Crippen molar-refractivity contribution in [3.8, 4) is 0 Å². The van der Waals surface area contributed by atoms with Crippen molar-refractivity contribution in [2.24, 2.45) is 0 Å². The lowest BCUT2D eigenvalue weighted by atomic mass is 9.88. The van der Waals surface area contributed by atoms with Crippen molar-refractivity contribution in [3.63, 3.8) is 0 Å². The number of hydrogen-bond acceptors (Lipinski definition) is 5. The fourth-order valence-electron chi connectivity index (χ4n) is 5.02. The van der Waals surface area contributed by atoms with E-state index in [1.54, 1.807) is 55.5 Å². The van der Waals surface area contributed by atoms with E-state index < -0.39 is 11.3 Å². The number of amides is 1. The topological polar surface area (TPSA) is 65.9 Å². The zero-order chi connectivity index (χ0) is 24.8. The minimum absolute atomic E-state index is 0.199. The molecule has 0 spiro atoms. The van der Waals surface area contributed by atoms with Gasteiger partial charge in [-0.15, -0.1) is 0 Å². The third-order valence-electron chi connectivity index (χ3n) is 6.98. The lowest BCUT2D eigenvalue weighted by molar-refractivity contribution is -0.0868. The van der Waals surface area contributed by atoms with Gasteiger partial charge in [0.1, 0.15) is 0 Å². The van der Waals surface area contributed by atoms with E-state index in [0.29, 0.717) is 39.0 Å². The van der Waals surface area contributed by atoms with Gasteiger partial charge in [0.15, 0.2) is 5.72 Å². The fourth-order valence-corrected chi connectivity index (χ4v) is 5.26. The van der Waals surface area contributed by atoms with Crippen molar-refractivity contribution in [1.29, 1.82) is 0 Å². The highest BCUT2D eigenvalue weighted by Crippen LogP contribution is 2.46. The largest absolute Gasteiger partial charge is 0.384 e. The standard InChI is InChI=1S/C27H27Cl2N3O3/c1-26(34,17-31-12-3-13-31)19-6-11-24-23(14-19)25(33)32(16-22-10-9-21(29)15-30-22)27(24,35-2)18-4-7-20(28)8-5-18/h4-11,14-15,34H,3,12-13,16-17H2,1-2H3/t26?,27-/m1/s1. The monoisotopic (exact) mass is 511 g/mol. The van der Waals surface area contributed by atoms with Gasteiger partial charge in [0.25, 0.3) is 5.91 Å². The van der Waals surface area contributed by atoms with Crippen LogP contribution in [0.5, 0.6) is 0 Å². The van der Waals surface area contributed by atoms with Gasteiger partial charge in [0.2, 0.25) is 0 Å². The first-order valence-electron chi connectivity index (χ1n) is 11.6. The molecule has 2 aliphatic rings. The molecule has 1 N–H and O–H groups in total. The highest BCUT2D eigenvalue weighted by atomic mass is 35.5. The molecule has 0 aliphatic carbocycles. The second kappa shape index (κ2) is 9.19. The molecule has 35 heavy (non-hydrogen) atoms. The minimum Gasteiger partial charge on any atom is -0.384 e. The fraction of sp³-hybridized carbons (Fsp3) is 0.333. The molecule has 3 heterocycles. The van der Waals surface area contributed by atoms with Crippen LogP contribution < -0.4 is 0 Å². The number of β-amino-alcohol motifs (C(OH)–C–C–N with tert-alkyl or cyclic N) is 1. The number of fused-ring (bicyclic) bond motifs is 1. The average molecular weight is 512 g/mol. The average Bonchev–Trinajstić information content (AvgIpc) is 3.06. The maximum absolute atomic E-state index is 13.9. The van der Waals surface area contributed by atoms with E-state index in [4.69, 9.17) is 27.9 Å². The van der Waals surface area contributed by atoms with Crippen molar-refractivity contribution in [3.05, 3.63) is 98.8 Å². The summed E-state index contributed by atoms with van der Waals surface area (Å²) in [7, 11) is 1.59. The molecule has 3 aromatic rings. The van der Waals surface area contributed by atoms with Crippen molar-refractivity contribution in [1.82, 2.24) is 14.8 Å². The van der Waals surface area contributed by atoms with Crippen LogP contribution >= 0.6 is 23.2 Å². The Labute approximate surface area is 215 Å². The van der Waals surface area contributed by atoms with Gasteiger partial charge in [-0.1, -0.05) is 47.5 Å². The summed E-state index contributed by atoms with van der Waals surface area (Å²) in [6.07, 6.45) is 2.70. The maximum Gasteiger partial charge on any atom is 0.257 e. The smallest absolute Gasteiger partial charge is 0.257 e. The van der Waals surface area contributed by atoms with Crippen LogP contribution in [0.4, 0.5) is 0 Å². The summed E-state index contributed by atoms with van der Waals surface area (Å²) in [6.45, 7) is 4.48. The van der Waals surface area contributed by atoms with E-state index in [2.05, 4.69) is 9.88 Å². The number of pyridine rings is 1. The van der Waals surface area contributed by atoms with Crippen LogP contribution in [0.2, 0.25) is 10.0 Å². The highest BCUT2D eigenvalue weighted by molar-refractivity contribution is 6.30. The number of rotatable bonds is 7. The Morgan fingerprint density at radius 2 is 1.80 bits per heavy atom. The van der Waals surface area contributed by atoms with E-state index in [0.717, 1.165) is 25.1 Å². The second-order valence-corrected chi connectivity index (χ2v) is 10.3. The van der Waals surface area contributed by atoms with Crippen LogP contribution in [-0.4, -0.2) is 52.5 Å². The first kappa shape index (κ1) is 24.2. The number of carbonyl (C=O) groups excluding carboxylic acids is 1. The molecule has 6 nitrogen and oxygen atoms in total. The predicted octanol–water partition coefficient (Wildman–Crippen LogP) is 4.81. The molecule has 2 aliphatic heterocycles. The SMILES string of the molecule is CO[C@]1(c2ccc(Cl)cc2)c2ccc(C(C)(O)CN3CCC3)cc2C(=O)N1Cc1ccc(Cl)cn1. The summed E-state index contributed by atoms with van der Waals surface area (Å²) in [6, 6.07) is 16.4. The van der Waals surface area contributed by atoms with Crippen molar-refractivity contribution < 1.29 is 14.6 Å². The number of benzene rings is 2. The number of hydrogen-bond donors (Lipinski definition) is 1. The molecular weight excluding hydrogens is 485 g/mol. The van der Waals surface area contributed by atoms with Gasteiger partial charge in [-0.2, -0.15) is 0 Å². The van der Waals surface area contributed by atoms with E-state index in [-0.39, 0.29) is 12.5 Å². The van der Waals surface area contributed by atoms with Crippen LogP contribution in [0.25, 0.3) is 0 Å². The van der Waals surface area contributed by atoms with Crippen LogP contribution in [0.1, 0.15) is 46.1 Å². The molecular formula is C27H27Cl2N3O3. The minimum atomic E-state index is -1.18. The molecule has 0 bridgehead atoms. The number of ether oxygens (including phenoxy) is 1. The quantitative estimate of drug-likeness (QED) is 0.493. The van der Waals surface area contributed by atoms with Gasteiger partial charge in [-0.25, -0.2) is 0 Å². The molecule has 0 saturated carbocycles. The van der Waals surface area contributed by atoms with E-state index >= 15 is 0 Å². The molecule has 2 atom stereocenters. The maximum atomic E-state index is 13.9. The number of methoxy groups -OCH3 is 1. The van der Waals surface area contributed by atoms with Crippen molar-refractivity contribution in [2.45, 2.75) is 31.2 Å². The van der Waals surface area contributed by atoms with Gasteiger partial charge < -0.3 is 14.7 Å². The van der Waals surface area contributed by atoms with Gasteiger partial charge in [-0.3, -0.25) is 14.7 Å². The Morgan fingerprint density at radius 3 is 2.40 bits per heavy atom. The summed E-state index contributed by atoms with van der Waals surface area (Å²) in [5, 5.41) is 12.4. The summed E-state index contributed by atoms with van der Waals surface area (Å²) in [5.74, 6) is -0.199. The van der Waals surface area contributed by atoms with Gasteiger partial charge >= 0.3 is 0 Å². The zero-order valence-corrected chi connectivity index (χ0v) is 21.2. The van der Waals surface area contributed by atoms with Crippen LogP contribution in [0, 0.1) is 0 Å². The first-order valence-corrected chi connectivity index (χ1v) is 12.3. The number of halogens is 2. The molecule has 1 saturated heterocycles. The first-order chi connectivity index (χ1) is 16.7. The van der Waals surface area contributed by atoms with Gasteiger partial charge in [0, 0.05) is 41.6 Å². The molecule has 182 valence electrons. The summed E-state index contributed by atoms with van der Waals surface area (Å²) < 4.78 is 6.18. The highest BCUT2D eigenvalue weighted by Gasteiger charge is 2.52. The number of nitrogens with zero attached hydrogens (tertiary/aromatic N) is 3. The summed E-state index contributed by atoms with van der Waals surface area (Å²) >= 11 is 12.2. The van der Waals surface area contributed by atoms with Crippen LogP contribution in [0.15, 0.2) is 60.8 Å². The third kappa shape index (κ3) is 4.24. The zero-order valence-electron chi connectivity index (χ0n) is 19.7. The molecule has 1 unspecified atom stereocenters. The lowest BCUT2D eigenvalue weighted by Crippen LogP contribution is -2.46. The molecule has 8 heteroatoms. The Morgan fingerprint density at radius 1 is 1.09 bits per heavy atom. The Balaban J connectivity index is 1.61. The summed E-state index contributed by atoms with van der Waals surface area (Å²) in [4.78, 5) is 22.2. The molecule has 1 amide bonds. The number of aliphatic hydroxyl groups is 1. The number of carbonyl (C=O) groups is 1. The predicted molar refractivity (Wildman–Crippen MR) is 135 cm³/mol. The molecule has 2 aromatic carbocycles. The Bertz CT molecular complexity index is 1240. The second-order valence-electron chi connectivity index (χ2n) is 9.38. The van der Waals surface area contributed by atoms with E-state index in [9.17, 15) is 9.90 Å². The van der Waals surface area contributed by atoms with Crippen LogP contribution in [-0.2, 0) is 22.6 Å². The number of likely N-dealkylation sites (tertiary alicyclic amines) is 1. The van der Waals surface area contributed by atoms with Crippen molar-refractivity contribution >= 4 is 29.1 Å².